The van der Waals surface area contributed by atoms with Crippen molar-refractivity contribution in [2.75, 3.05) is 29.3 Å². The molecule has 3 aromatic carbocycles. The normalized spacial score (nSPS) is 15.2. The van der Waals surface area contributed by atoms with Crippen LogP contribution in [0.3, 0.4) is 0 Å². The van der Waals surface area contributed by atoms with E-state index in [9.17, 15) is 22.4 Å². The Labute approximate surface area is 215 Å². The van der Waals surface area contributed by atoms with Crippen LogP contribution in [0, 0.1) is 12.7 Å². The Balaban J connectivity index is 1.55. The molecule has 2 N–H and O–H groups in total. The maximum atomic E-state index is 13.6. The van der Waals surface area contributed by atoms with Crippen molar-refractivity contribution in [2.45, 2.75) is 30.8 Å². The molecule has 10 heteroatoms. The van der Waals surface area contributed by atoms with E-state index in [1.807, 2.05) is 6.92 Å². The molecular weight excluding hydrogens is 497 g/mol. The molecule has 0 spiro atoms. The number of hydrogen-bond acceptors (Lipinski definition) is 5. The van der Waals surface area contributed by atoms with Gasteiger partial charge in [0.25, 0.3) is 15.9 Å². The van der Waals surface area contributed by atoms with Gasteiger partial charge < -0.3 is 15.4 Å². The lowest BCUT2D eigenvalue weighted by atomic mass is 10.1. The number of carbonyl (C=O) groups excluding carboxylic acids is 2. The number of aryl methyl sites for hydroxylation is 1. The minimum absolute atomic E-state index is 0.0101. The summed E-state index contributed by atoms with van der Waals surface area (Å²) in [6.07, 6.45) is 1.78. The van der Waals surface area contributed by atoms with Gasteiger partial charge in [-0.1, -0.05) is 29.8 Å². The second-order valence-electron chi connectivity index (χ2n) is 8.74. The molecule has 3 aromatic rings. The van der Waals surface area contributed by atoms with Crippen LogP contribution in [0.2, 0.25) is 0 Å². The van der Waals surface area contributed by atoms with Gasteiger partial charge in [0.15, 0.2) is 0 Å². The summed E-state index contributed by atoms with van der Waals surface area (Å²) in [6.45, 7) is 2.27. The van der Waals surface area contributed by atoms with Crippen molar-refractivity contribution in [3.63, 3.8) is 0 Å². The molecule has 1 saturated heterocycles. The van der Waals surface area contributed by atoms with Gasteiger partial charge in [-0.25, -0.2) is 12.8 Å². The summed E-state index contributed by atoms with van der Waals surface area (Å²) >= 11 is 0. The number of benzene rings is 3. The zero-order valence-corrected chi connectivity index (χ0v) is 21.1. The van der Waals surface area contributed by atoms with E-state index in [1.165, 1.54) is 24.3 Å². The summed E-state index contributed by atoms with van der Waals surface area (Å²) in [5.74, 6) is -1.59. The minimum atomic E-state index is -4.16. The number of sulfonamides is 1. The van der Waals surface area contributed by atoms with Crippen molar-refractivity contribution in [1.82, 2.24) is 5.32 Å². The molecule has 1 heterocycles. The maximum Gasteiger partial charge on any atom is 0.264 e. The van der Waals surface area contributed by atoms with Crippen LogP contribution in [-0.2, 0) is 19.6 Å². The highest BCUT2D eigenvalue weighted by atomic mass is 32.2. The number of anilines is 2. The average Bonchev–Trinajstić information content (AvgIpc) is 3.41. The summed E-state index contributed by atoms with van der Waals surface area (Å²) in [4.78, 5) is 25.9. The summed E-state index contributed by atoms with van der Waals surface area (Å²) < 4.78 is 47.0. The van der Waals surface area contributed by atoms with Gasteiger partial charge in [-0.2, -0.15) is 0 Å². The van der Waals surface area contributed by atoms with Crippen LogP contribution >= 0.6 is 0 Å². The van der Waals surface area contributed by atoms with Crippen LogP contribution in [0.1, 0.15) is 28.8 Å². The molecule has 1 aliphatic heterocycles. The van der Waals surface area contributed by atoms with E-state index in [0.29, 0.717) is 13.2 Å². The third-order valence-corrected chi connectivity index (χ3v) is 7.76. The highest BCUT2D eigenvalue weighted by Gasteiger charge is 2.28. The molecule has 1 atom stereocenters. The van der Waals surface area contributed by atoms with Gasteiger partial charge in [-0.3, -0.25) is 13.9 Å². The molecule has 0 unspecified atom stereocenters. The largest absolute Gasteiger partial charge is 0.376 e. The Morgan fingerprint density at radius 3 is 2.41 bits per heavy atom. The summed E-state index contributed by atoms with van der Waals surface area (Å²) in [5.41, 5.74) is 1.48. The van der Waals surface area contributed by atoms with Crippen molar-refractivity contribution in [3.8, 4) is 0 Å². The number of amides is 2. The number of carbonyl (C=O) groups is 2. The quantitative estimate of drug-likeness (QED) is 0.441. The fourth-order valence-corrected chi connectivity index (χ4v) is 5.40. The number of ether oxygens (including phenoxy) is 1. The molecule has 0 saturated carbocycles. The summed E-state index contributed by atoms with van der Waals surface area (Å²) in [6, 6.07) is 17.5. The van der Waals surface area contributed by atoms with Crippen LogP contribution in [0.25, 0.3) is 0 Å². The Bertz CT molecular complexity index is 1360. The molecule has 37 heavy (non-hydrogen) atoms. The lowest BCUT2D eigenvalue weighted by molar-refractivity contribution is -0.114. The molecule has 194 valence electrons. The van der Waals surface area contributed by atoms with Gasteiger partial charge in [0, 0.05) is 13.2 Å². The standard InChI is InChI=1S/C27H28FN3O5S/c1-19-8-14-23(15-9-19)37(34,35)31(21-12-10-20(28)11-13-21)18-26(32)30-25-7-3-2-6-24(25)27(33)29-17-22-5-4-16-36-22/h2-3,6-15,22H,4-5,16-18H2,1H3,(H,29,33)(H,30,32)/t22-/m0/s1. The molecule has 2 amide bonds. The number of nitrogens with zero attached hydrogens (tertiary/aromatic N) is 1. The maximum absolute atomic E-state index is 13.6. The van der Waals surface area contributed by atoms with Crippen LogP contribution in [0.5, 0.6) is 0 Å². The van der Waals surface area contributed by atoms with E-state index in [2.05, 4.69) is 10.6 Å². The topological polar surface area (TPSA) is 105 Å². The molecule has 0 radical (unpaired) electrons. The predicted octanol–water partition coefficient (Wildman–Crippen LogP) is 3.88. The SMILES string of the molecule is Cc1ccc(S(=O)(=O)N(CC(=O)Nc2ccccc2C(=O)NC[C@@H]2CCCO2)c2ccc(F)cc2)cc1. The van der Waals surface area contributed by atoms with E-state index < -0.39 is 28.3 Å². The van der Waals surface area contributed by atoms with Gasteiger partial charge in [-0.15, -0.1) is 0 Å². The lowest BCUT2D eigenvalue weighted by Gasteiger charge is -2.24. The van der Waals surface area contributed by atoms with E-state index in [-0.39, 0.29) is 33.8 Å². The monoisotopic (exact) mass is 525 g/mol. The van der Waals surface area contributed by atoms with Crippen molar-refractivity contribution in [3.05, 3.63) is 89.7 Å². The number of nitrogens with one attached hydrogen (secondary N) is 2. The third kappa shape index (κ3) is 6.52. The zero-order valence-electron chi connectivity index (χ0n) is 20.3. The average molecular weight is 526 g/mol. The van der Waals surface area contributed by atoms with Gasteiger partial charge in [0.05, 0.1) is 27.9 Å². The first-order valence-electron chi connectivity index (χ1n) is 11.9. The second-order valence-corrected chi connectivity index (χ2v) is 10.6. The highest BCUT2D eigenvalue weighted by molar-refractivity contribution is 7.92. The van der Waals surface area contributed by atoms with E-state index >= 15 is 0 Å². The van der Waals surface area contributed by atoms with Crippen LogP contribution in [0.4, 0.5) is 15.8 Å². The van der Waals surface area contributed by atoms with Crippen molar-refractivity contribution in [2.24, 2.45) is 0 Å². The molecule has 8 nitrogen and oxygen atoms in total. The highest BCUT2D eigenvalue weighted by Crippen LogP contribution is 2.25. The van der Waals surface area contributed by atoms with Crippen LogP contribution in [0.15, 0.2) is 77.7 Å². The van der Waals surface area contributed by atoms with Crippen molar-refractivity contribution < 1.29 is 27.1 Å². The molecule has 1 aliphatic rings. The fourth-order valence-electron chi connectivity index (χ4n) is 3.98. The van der Waals surface area contributed by atoms with E-state index in [0.717, 1.165) is 34.8 Å². The lowest BCUT2D eigenvalue weighted by Crippen LogP contribution is -2.38. The molecule has 0 aliphatic carbocycles. The smallest absolute Gasteiger partial charge is 0.264 e. The van der Waals surface area contributed by atoms with Crippen LogP contribution < -0.4 is 14.9 Å². The Morgan fingerprint density at radius 1 is 1.03 bits per heavy atom. The minimum Gasteiger partial charge on any atom is -0.376 e. The second kappa shape index (κ2) is 11.5. The van der Waals surface area contributed by atoms with E-state index in [1.54, 1.807) is 36.4 Å². The zero-order chi connectivity index (χ0) is 26.4. The number of halogens is 1. The van der Waals surface area contributed by atoms with Crippen molar-refractivity contribution >= 4 is 33.2 Å². The Morgan fingerprint density at radius 2 is 1.73 bits per heavy atom. The summed E-state index contributed by atoms with van der Waals surface area (Å²) in [7, 11) is -4.16. The van der Waals surface area contributed by atoms with Gasteiger partial charge in [0.1, 0.15) is 12.4 Å². The summed E-state index contributed by atoms with van der Waals surface area (Å²) in [5, 5.41) is 5.47. The molecule has 1 fully saturated rings. The molecular formula is C27H28FN3O5S. The van der Waals surface area contributed by atoms with Crippen LogP contribution in [-0.4, -0.2) is 46.0 Å². The first kappa shape index (κ1) is 26.3. The van der Waals surface area contributed by atoms with Gasteiger partial charge in [-0.05, 0) is 68.3 Å². The molecule has 0 bridgehead atoms. The Hall–Kier alpha value is -3.76. The van der Waals surface area contributed by atoms with E-state index in [4.69, 9.17) is 4.74 Å². The number of hydrogen-bond donors (Lipinski definition) is 2. The number of rotatable bonds is 9. The molecule has 4 rings (SSSR count). The fraction of sp³-hybridized carbons (Fsp3) is 0.259. The van der Waals surface area contributed by atoms with Gasteiger partial charge in [0.2, 0.25) is 5.91 Å². The Kier molecular flexibility index (Phi) is 8.20. The molecule has 0 aromatic heterocycles. The van der Waals surface area contributed by atoms with Crippen molar-refractivity contribution in [1.29, 1.82) is 0 Å². The predicted molar refractivity (Wildman–Crippen MR) is 138 cm³/mol. The first-order chi connectivity index (χ1) is 17.7. The first-order valence-corrected chi connectivity index (χ1v) is 13.3. The van der Waals surface area contributed by atoms with Gasteiger partial charge >= 0.3 is 0 Å². The third-order valence-electron chi connectivity index (χ3n) is 5.97. The number of para-hydroxylation sites is 1.